The SMILES string of the molecule is CN=C(NCc1ccnc(OC)c1)NCc1c(C)nn(C)c1C. The number of aromatic nitrogens is 3. The predicted molar refractivity (Wildman–Crippen MR) is 90.5 cm³/mol. The van der Waals surface area contributed by atoms with Crippen LogP contribution in [0.3, 0.4) is 0 Å². The molecule has 124 valence electrons. The van der Waals surface area contributed by atoms with Crippen molar-refractivity contribution in [3.63, 3.8) is 0 Å². The molecule has 0 unspecified atom stereocenters. The molecule has 7 heteroatoms. The van der Waals surface area contributed by atoms with Crippen LogP contribution in [0.5, 0.6) is 5.88 Å². The van der Waals surface area contributed by atoms with Gasteiger partial charge in [0.25, 0.3) is 0 Å². The molecule has 0 aliphatic heterocycles. The molecule has 0 spiro atoms. The molecule has 0 saturated carbocycles. The van der Waals surface area contributed by atoms with Crippen LogP contribution in [-0.4, -0.2) is 34.9 Å². The highest BCUT2D eigenvalue weighted by Gasteiger charge is 2.09. The van der Waals surface area contributed by atoms with Crippen molar-refractivity contribution < 1.29 is 4.74 Å². The maximum Gasteiger partial charge on any atom is 0.213 e. The number of guanidine groups is 1. The Labute approximate surface area is 136 Å². The van der Waals surface area contributed by atoms with Crippen molar-refractivity contribution in [2.75, 3.05) is 14.2 Å². The van der Waals surface area contributed by atoms with Gasteiger partial charge in [0, 0.05) is 50.7 Å². The molecule has 0 aliphatic carbocycles. The second kappa shape index (κ2) is 7.62. The lowest BCUT2D eigenvalue weighted by Crippen LogP contribution is -2.36. The molecule has 2 heterocycles. The summed E-state index contributed by atoms with van der Waals surface area (Å²) in [4.78, 5) is 8.34. The summed E-state index contributed by atoms with van der Waals surface area (Å²) in [5.74, 6) is 1.34. The lowest BCUT2D eigenvalue weighted by molar-refractivity contribution is 0.397. The van der Waals surface area contributed by atoms with Gasteiger partial charge in [-0.1, -0.05) is 0 Å². The summed E-state index contributed by atoms with van der Waals surface area (Å²) in [5, 5.41) is 11.0. The van der Waals surface area contributed by atoms with Gasteiger partial charge in [0.2, 0.25) is 5.88 Å². The van der Waals surface area contributed by atoms with E-state index in [-0.39, 0.29) is 0 Å². The first-order valence-corrected chi connectivity index (χ1v) is 7.47. The largest absolute Gasteiger partial charge is 0.481 e. The third kappa shape index (κ3) is 4.21. The predicted octanol–water partition coefficient (Wildman–Crippen LogP) is 1.31. The molecule has 7 nitrogen and oxygen atoms in total. The van der Waals surface area contributed by atoms with Gasteiger partial charge < -0.3 is 15.4 Å². The van der Waals surface area contributed by atoms with E-state index in [1.54, 1.807) is 20.4 Å². The van der Waals surface area contributed by atoms with Crippen molar-refractivity contribution in [2.45, 2.75) is 26.9 Å². The Morgan fingerprint density at radius 2 is 2.04 bits per heavy atom. The van der Waals surface area contributed by atoms with Crippen LogP contribution in [0.25, 0.3) is 0 Å². The number of rotatable bonds is 5. The molecule has 0 radical (unpaired) electrons. The zero-order valence-corrected chi connectivity index (χ0v) is 14.3. The first kappa shape index (κ1) is 16.8. The zero-order valence-electron chi connectivity index (χ0n) is 14.3. The Hall–Kier alpha value is -2.57. The summed E-state index contributed by atoms with van der Waals surface area (Å²) in [6.07, 6.45) is 1.73. The molecule has 0 aromatic carbocycles. The van der Waals surface area contributed by atoms with Crippen LogP contribution < -0.4 is 15.4 Å². The van der Waals surface area contributed by atoms with Crippen molar-refractivity contribution in [3.8, 4) is 5.88 Å². The highest BCUT2D eigenvalue weighted by atomic mass is 16.5. The fourth-order valence-corrected chi connectivity index (χ4v) is 2.32. The number of methoxy groups -OCH3 is 1. The topological polar surface area (TPSA) is 76.4 Å². The molecule has 2 aromatic heterocycles. The van der Waals surface area contributed by atoms with Crippen LogP contribution in [0.15, 0.2) is 23.3 Å². The monoisotopic (exact) mass is 316 g/mol. The maximum absolute atomic E-state index is 5.13. The van der Waals surface area contributed by atoms with Crippen LogP contribution in [0, 0.1) is 13.8 Å². The minimum atomic E-state index is 0.605. The van der Waals surface area contributed by atoms with Gasteiger partial charge in [-0.05, 0) is 25.5 Å². The minimum absolute atomic E-state index is 0.605. The van der Waals surface area contributed by atoms with E-state index in [9.17, 15) is 0 Å². The molecular weight excluding hydrogens is 292 g/mol. The lowest BCUT2D eigenvalue weighted by Gasteiger charge is -2.12. The molecule has 0 aliphatic rings. The summed E-state index contributed by atoms with van der Waals surface area (Å²) in [5.41, 5.74) is 4.46. The van der Waals surface area contributed by atoms with Crippen molar-refractivity contribution in [1.29, 1.82) is 0 Å². The Morgan fingerprint density at radius 1 is 1.30 bits per heavy atom. The number of pyridine rings is 1. The average Bonchev–Trinajstić information content (AvgIpc) is 2.80. The van der Waals surface area contributed by atoms with Gasteiger partial charge >= 0.3 is 0 Å². The summed E-state index contributed by atoms with van der Waals surface area (Å²) < 4.78 is 7.02. The second-order valence-electron chi connectivity index (χ2n) is 5.26. The summed E-state index contributed by atoms with van der Waals surface area (Å²) in [7, 11) is 5.32. The smallest absolute Gasteiger partial charge is 0.213 e. The molecule has 2 aromatic rings. The number of hydrogen-bond acceptors (Lipinski definition) is 4. The van der Waals surface area contributed by atoms with Gasteiger partial charge in [0.05, 0.1) is 12.8 Å². The number of nitrogens with zero attached hydrogens (tertiary/aromatic N) is 4. The highest BCUT2D eigenvalue weighted by Crippen LogP contribution is 2.11. The van der Waals surface area contributed by atoms with E-state index in [4.69, 9.17) is 4.74 Å². The van der Waals surface area contributed by atoms with Gasteiger partial charge in [0.1, 0.15) is 0 Å². The van der Waals surface area contributed by atoms with Gasteiger partial charge in [0.15, 0.2) is 5.96 Å². The molecule has 0 amide bonds. The Bertz CT molecular complexity index is 692. The quantitative estimate of drug-likeness (QED) is 0.642. The highest BCUT2D eigenvalue weighted by molar-refractivity contribution is 5.79. The van der Waals surface area contributed by atoms with Gasteiger partial charge in [-0.15, -0.1) is 0 Å². The van der Waals surface area contributed by atoms with Crippen molar-refractivity contribution in [2.24, 2.45) is 12.0 Å². The second-order valence-corrected chi connectivity index (χ2v) is 5.26. The number of hydrogen-bond donors (Lipinski definition) is 2. The maximum atomic E-state index is 5.13. The summed E-state index contributed by atoms with van der Waals surface area (Å²) >= 11 is 0. The molecule has 0 atom stereocenters. The molecule has 0 bridgehead atoms. The van der Waals surface area contributed by atoms with Crippen molar-refractivity contribution in [1.82, 2.24) is 25.4 Å². The molecule has 23 heavy (non-hydrogen) atoms. The lowest BCUT2D eigenvalue weighted by atomic mass is 10.2. The summed E-state index contributed by atoms with van der Waals surface area (Å²) in [6, 6.07) is 3.84. The van der Waals surface area contributed by atoms with Gasteiger partial charge in [-0.3, -0.25) is 9.67 Å². The van der Waals surface area contributed by atoms with E-state index in [0.29, 0.717) is 19.0 Å². The Morgan fingerprint density at radius 3 is 2.65 bits per heavy atom. The molecule has 2 rings (SSSR count). The van der Waals surface area contributed by atoms with E-state index < -0.39 is 0 Å². The van der Waals surface area contributed by atoms with E-state index in [1.165, 1.54) is 5.56 Å². The van der Waals surface area contributed by atoms with Crippen LogP contribution in [0.1, 0.15) is 22.5 Å². The van der Waals surface area contributed by atoms with Gasteiger partial charge in [-0.2, -0.15) is 5.10 Å². The third-order valence-electron chi connectivity index (χ3n) is 3.78. The normalized spacial score (nSPS) is 11.4. The third-order valence-corrected chi connectivity index (χ3v) is 3.78. The summed E-state index contributed by atoms with van der Waals surface area (Å²) in [6.45, 7) is 5.41. The van der Waals surface area contributed by atoms with Crippen LogP contribution in [0.4, 0.5) is 0 Å². The van der Waals surface area contributed by atoms with E-state index in [2.05, 4.69) is 32.6 Å². The standard InChI is InChI=1S/C16H24N6O/c1-11-14(12(2)22(4)21-11)10-20-16(17-3)19-9-13-6-7-18-15(8-13)23-5/h6-8H,9-10H2,1-5H3,(H2,17,19,20). The molecular formula is C16H24N6O. The number of nitrogens with one attached hydrogen (secondary N) is 2. The number of aliphatic imine (C=N–C) groups is 1. The molecule has 0 fully saturated rings. The first-order valence-electron chi connectivity index (χ1n) is 7.47. The number of ether oxygens (including phenoxy) is 1. The van der Waals surface area contributed by atoms with Gasteiger partial charge in [-0.25, -0.2) is 4.98 Å². The van der Waals surface area contributed by atoms with Crippen LogP contribution in [-0.2, 0) is 20.1 Å². The number of aryl methyl sites for hydroxylation is 2. The van der Waals surface area contributed by atoms with Crippen LogP contribution >= 0.6 is 0 Å². The van der Waals surface area contributed by atoms with Crippen molar-refractivity contribution in [3.05, 3.63) is 40.8 Å². The van der Waals surface area contributed by atoms with Crippen LogP contribution in [0.2, 0.25) is 0 Å². The Balaban J connectivity index is 1.93. The minimum Gasteiger partial charge on any atom is -0.481 e. The fraction of sp³-hybridized carbons (Fsp3) is 0.438. The fourth-order valence-electron chi connectivity index (χ4n) is 2.32. The average molecular weight is 316 g/mol. The van der Waals surface area contributed by atoms with E-state index in [1.807, 2.05) is 30.8 Å². The zero-order chi connectivity index (χ0) is 16.8. The first-order chi connectivity index (χ1) is 11.0. The Kier molecular flexibility index (Phi) is 5.56. The van der Waals surface area contributed by atoms with Crippen molar-refractivity contribution >= 4 is 5.96 Å². The van der Waals surface area contributed by atoms with E-state index in [0.717, 1.165) is 22.9 Å². The molecule has 0 saturated heterocycles. The van der Waals surface area contributed by atoms with E-state index >= 15 is 0 Å². The molecule has 2 N–H and O–H groups in total.